The van der Waals surface area contributed by atoms with E-state index in [2.05, 4.69) is 0 Å². The van der Waals surface area contributed by atoms with Crippen LogP contribution in [0.4, 0.5) is 0 Å². The van der Waals surface area contributed by atoms with Gasteiger partial charge in [-0.3, -0.25) is 0 Å². The molecular formula is C12H10O2. The molecule has 0 amide bonds. The summed E-state index contributed by atoms with van der Waals surface area (Å²) in [6.45, 7) is 0. The van der Waals surface area contributed by atoms with Gasteiger partial charge in [0.2, 0.25) is 0 Å². The van der Waals surface area contributed by atoms with Gasteiger partial charge in [0.25, 0.3) is 0 Å². The van der Waals surface area contributed by atoms with Crippen LogP contribution >= 0.6 is 0 Å². The first kappa shape index (κ1) is 7.97. The molecule has 70 valence electrons. The molecule has 2 nitrogen and oxygen atoms in total. The molecule has 2 aromatic carbocycles. The molecule has 0 radical (unpaired) electrons. The van der Waals surface area contributed by atoms with Crippen LogP contribution in [0.1, 0.15) is 11.1 Å². The highest BCUT2D eigenvalue weighted by Crippen LogP contribution is 2.38. The molecule has 14 heavy (non-hydrogen) atoms. The summed E-state index contributed by atoms with van der Waals surface area (Å²) < 4.78 is 0. The highest BCUT2D eigenvalue weighted by molar-refractivity contribution is 5.91. The molecule has 0 unspecified atom stereocenters. The van der Waals surface area contributed by atoms with Gasteiger partial charge >= 0.3 is 0 Å². The number of aliphatic hydroxyl groups is 2. The van der Waals surface area contributed by atoms with Crippen LogP contribution < -0.4 is 0 Å². The fourth-order valence-corrected chi connectivity index (χ4v) is 2.26. The van der Waals surface area contributed by atoms with Gasteiger partial charge in [-0.05, 0) is 16.3 Å². The Bertz CT molecular complexity index is 509. The third kappa shape index (κ3) is 0.870. The Balaban J connectivity index is 2.50. The Morgan fingerprint density at radius 1 is 1.00 bits per heavy atom. The van der Waals surface area contributed by atoms with E-state index in [1.807, 2.05) is 30.3 Å². The average molecular weight is 186 g/mol. The zero-order valence-electron chi connectivity index (χ0n) is 7.57. The first-order valence-corrected chi connectivity index (χ1v) is 4.64. The fraction of sp³-hybridized carbons (Fsp3) is 0.167. The summed E-state index contributed by atoms with van der Waals surface area (Å²) in [4.78, 5) is 0. The summed E-state index contributed by atoms with van der Waals surface area (Å²) in [5.74, 6) is -1.68. The molecule has 1 aliphatic carbocycles. The lowest BCUT2D eigenvalue weighted by Crippen LogP contribution is -2.23. The summed E-state index contributed by atoms with van der Waals surface area (Å²) >= 11 is 0. The van der Waals surface area contributed by atoms with Crippen LogP contribution in [0.15, 0.2) is 36.4 Å². The van der Waals surface area contributed by atoms with Crippen LogP contribution in [0.3, 0.4) is 0 Å². The lowest BCUT2D eigenvalue weighted by molar-refractivity contribution is -0.163. The predicted molar refractivity (Wildman–Crippen MR) is 53.8 cm³/mol. The van der Waals surface area contributed by atoms with Gasteiger partial charge in [-0.2, -0.15) is 0 Å². The van der Waals surface area contributed by atoms with Gasteiger partial charge in [0.05, 0.1) is 0 Å². The molecule has 1 aliphatic rings. The highest BCUT2D eigenvalue weighted by Gasteiger charge is 2.34. The van der Waals surface area contributed by atoms with E-state index in [1.165, 1.54) is 0 Å². The van der Waals surface area contributed by atoms with Gasteiger partial charge in [-0.25, -0.2) is 0 Å². The van der Waals surface area contributed by atoms with Crippen LogP contribution in [0.25, 0.3) is 10.8 Å². The van der Waals surface area contributed by atoms with Crippen molar-refractivity contribution in [1.82, 2.24) is 0 Å². The molecular weight excluding hydrogens is 176 g/mol. The third-order valence-corrected chi connectivity index (χ3v) is 2.86. The molecule has 0 fully saturated rings. The molecule has 0 spiro atoms. The van der Waals surface area contributed by atoms with Crippen molar-refractivity contribution in [2.75, 3.05) is 0 Å². The minimum absolute atomic E-state index is 0.295. The third-order valence-electron chi connectivity index (χ3n) is 2.86. The molecule has 0 aliphatic heterocycles. The molecule has 2 aromatic rings. The second kappa shape index (κ2) is 2.35. The van der Waals surface area contributed by atoms with Crippen LogP contribution in [-0.4, -0.2) is 10.2 Å². The van der Waals surface area contributed by atoms with Gasteiger partial charge < -0.3 is 10.2 Å². The number of rotatable bonds is 0. The zero-order valence-corrected chi connectivity index (χ0v) is 7.57. The van der Waals surface area contributed by atoms with Crippen LogP contribution in [0.5, 0.6) is 0 Å². The van der Waals surface area contributed by atoms with E-state index in [4.69, 9.17) is 0 Å². The molecule has 0 aromatic heterocycles. The van der Waals surface area contributed by atoms with Crippen LogP contribution in [-0.2, 0) is 12.2 Å². The van der Waals surface area contributed by atoms with E-state index < -0.39 is 5.79 Å². The summed E-state index contributed by atoms with van der Waals surface area (Å²) in [6.07, 6.45) is 0.295. The molecule has 0 bridgehead atoms. The Labute approximate surface area is 81.4 Å². The first-order valence-electron chi connectivity index (χ1n) is 4.64. The van der Waals surface area contributed by atoms with Crippen LogP contribution in [0, 0.1) is 0 Å². The number of hydrogen-bond acceptors (Lipinski definition) is 2. The van der Waals surface area contributed by atoms with Gasteiger partial charge in [0.15, 0.2) is 5.79 Å². The highest BCUT2D eigenvalue weighted by atomic mass is 16.5. The maximum absolute atomic E-state index is 9.79. The lowest BCUT2D eigenvalue weighted by Gasteiger charge is -2.15. The second-order valence-electron chi connectivity index (χ2n) is 3.81. The van der Waals surface area contributed by atoms with Gasteiger partial charge in [-0.1, -0.05) is 36.4 Å². The van der Waals surface area contributed by atoms with Crippen molar-refractivity contribution in [3.8, 4) is 0 Å². The standard InChI is InChI=1S/C12H10O2/c13-12(14)7-9-5-1-3-8-4-2-6-10(12)11(8)9/h1-6,13-14H,7H2. The van der Waals surface area contributed by atoms with E-state index >= 15 is 0 Å². The van der Waals surface area contributed by atoms with Crippen molar-refractivity contribution < 1.29 is 10.2 Å². The monoisotopic (exact) mass is 186 g/mol. The Morgan fingerprint density at radius 3 is 2.50 bits per heavy atom. The average Bonchev–Trinajstić information content (AvgIpc) is 2.41. The Kier molecular flexibility index (Phi) is 1.34. The van der Waals surface area contributed by atoms with E-state index in [1.54, 1.807) is 6.07 Å². The van der Waals surface area contributed by atoms with Crippen molar-refractivity contribution in [1.29, 1.82) is 0 Å². The largest absolute Gasteiger partial charge is 0.362 e. The topological polar surface area (TPSA) is 40.5 Å². The van der Waals surface area contributed by atoms with E-state index in [0.717, 1.165) is 16.3 Å². The second-order valence-corrected chi connectivity index (χ2v) is 3.81. The molecule has 0 saturated carbocycles. The van der Waals surface area contributed by atoms with Gasteiger partial charge in [-0.15, -0.1) is 0 Å². The van der Waals surface area contributed by atoms with Crippen molar-refractivity contribution in [3.63, 3.8) is 0 Å². The normalized spacial score (nSPS) is 17.6. The van der Waals surface area contributed by atoms with E-state index in [9.17, 15) is 10.2 Å². The summed E-state index contributed by atoms with van der Waals surface area (Å²) in [5, 5.41) is 21.6. The number of benzene rings is 2. The summed E-state index contributed by atoms with van der Waals surface area (Å²) in [7, 11) is 0. The quantitative estimate of drug-likeness (QED) is 0.612. The van der Waals surface area contributed by atoms with E-state index in [0.29, 0.717) is 12.0 Å². The molecule has 3 rings (SSSR count). The van der Waals surface area contributed by atoms with Crippen molar-refractivity contribution >= 4 is 10.8 Å². The maximum Gasteiger partial charge on any atom is 0.194 e. The maximum atomic E-state index is 9.79. The predicted octanol–water partition coefficient (Wildman–Crippen LogP) is 1.53. The van der Waals surface area contributed by atoms with Gasteiger partial charge in [0.1, 0.15) is 0 Å². The minimum atomic E-state index is -1.68. The minimum Gasteiger partial charge on any atom is -0.362 e. The van der Waals surface area contributed by atoms with Crippen molar-refractivity contribution in [2.24, 2.45) is 0 Å². The smallest absolute Gasteiger partial charge is 0.194 e. The van der Waals surface area contributed by atoms with E-state index in [-0.39, 0.29) is 0 Å². The molecule has 0 atom stereocenters. The molecule has 0 saturated heterocycles. The Morgan fingerprint density at radius 2 is 1.71 bits per heavy atom. The summed E-state index contributed by atoms with van der Waals surface area (Å²) in [6, 6.07) is 11.5. The van der Waals surface area contributed by atoms with Crippen LogP contribution in [0.2, 0.25) is 0 Å². The first-order chi connectivity index (χ1) is 6.68. The van der Waals surface area contributed by atoms with Crippen molar-refractivity contribution in [2.45, 2.75) is 12.2 Å². The number of hydrogen-bond donors (Lipinski definition) is 2. The summed E-state index contributed by atoms with van der Waals surface area (Å²) in [5.41, 5.74) is 1.65. The van der Waals surface area contributed by atoms with Crippen molar-refractivity contribution in [3.05, 3.63) is 47.5 Å². The fourth-order valence-electron chi connectivity index (χ4n) is 2.26. The lowest BCUT2D eigenvalue weighted by atomic mass is 10.0. The molecule has 0 heterocycles. The zero-order chi connectivity index (χ0) is 9.76. The molecule has 2 heteroatoms. The SMILES string of the molecule is OC1(O)Cc2cccc3cccc1c23. The molecule has 2 N–H and O–H groups in total. The Hall–Kier alpha value is -1.38. The van der Waals surface area contributed by atoms with Gasteiger partial charge in [0, 0.05) is 12.0 Å².